The van der Waals surface area contributed by atoms with Gasteiger partial charge in [-0.15, -0.1) is 0 Å². The Kier molecular flexibility index (Phi) is 9.86. The summed E-state index contributed by atoms with van der Waals surface area (Å²) in [4.78, 5) is 14.7. The highest BCUT2D eigenvalue weighted by atomic mass is 16.5. The summed E-state index contributed by atoms with van der Waals surface area (Å²) in [7, 11) is 0. The summed E-state index contributed by atoms with van der Waals surface area (Å²) >= 11 is 0. The predicted octanol–water partition coefficient (Wildman–Crippen LogP) is 4.23. The fourth-order valence-electron chi connectivity index (χ4n) is 5.97. The van der Waals surface area contributed by atoms with Gasteiger partial charge in [0.15, 0.2) is 0 Å². The Hall–Kier alpha value is -2.78. The maximum absolute atomic E-state index is 10.8. The highest BCUT2D eigenvalue weighted by molar-refractivity contribution is 5.85. The van der Waals surface area contributed by atoms with Crippen LogP contribution >= 0.6 is 0 Å². The minimum Gasteiger partial charge on any atom is -0.507 e. The normalized spacial score (nSPS) is 23.4. The van der Waals surface area contributed by atoms with Crippen molar-refractivity contribution in [2.75, 3.05) is 52.6 Å². The highest BCUT2D eigenvalue weighted by Gasteiger charge is 2.24. The van der Waals surface area contributed by atoms with Crippen molar-refractivity contribution in [3.05, 3.63) is 57.6 Å². The van der Waals surface area contributed by atoms with E-state index in [9.17, 15) is 10.2 Å². The molecule has 8 nitrogen and oxygen atoms in total. The van der Waals surface area contributed by atoms with Crippen molar-refractivity contribution in [3.8, 4) is 11.5 Å². The molecule has 1 aliphatic carbocycles. The summed E-state index contributed by atoms with van der Waals surface area (Å²) in [5.74, 6) is 0.589. The first-order valence-corrected chi connectivity index (χ1v) is 14.8. The maximum Gasteiger partial charge on any atom is 0.127 e. The third-order valence-corrected chi connectivity index (χ3v) is 8.30. The molecule has 5 rings (SSSR count). The van der Waals surface area contributed by atoms with Gasteiger partial charge in [0.25, 0.3) is 0 Å². The molecule has 1 saturated carbocycles. The maximum atomic E-state index is 10.8. The van der Waals surface area contributed by atoms with Crippen LogP contribution in [0.4, 0.5) is 0 Å². The molecule has 2 N–H and O–H groups in total. The van der Waals surface area contributed by atoms with Gasteiger partial charge >= 0.3 is 0 Å². The van der Waals surface area contributed by atoms with Gasteiger partial charge in [-0.1, -0.05) is 25.0 Å². The Labute approximate surface area is 238 Å². The highest BCUT2D eigenvalue weighted by Crippen LogP contribution is 2.28. The molecule has 0 aromatic heterocycles. The Balaban J connectivity index is 1.30. The van der Waals surface area contributed by atoms with Crippen LogP contribution in [0.5, 0.6) is 11.5 Å². The Morgan fingerprint density at radius 1 is 0.700 bits per heavy atom. The number of ether oxygens (including phenoxy) is 2. The minimum atomic E-state index is 0.0485. The van der Waals surface area contributed by atoms with E-state index >= 15 is 0 Å². The van der Waals surface area contributed by atoms with E-state index in [0.29, 0.717) is 11.5 Å². The molecular weight excluding hydrogens is 504 g/mol. The molecule has 1 unspecified atom stereocenters. The molecule has 2 heterocycles. The van der Waals surface area contributed by atoms with Crippen molar-refractivity contribution in [1.29, 1.82) is 0 Å². The van der Waals surface area contributed by atoms with Crippen molar-refractivity contribution in [1.82, 2.24) is 9.80 Å². The quantitative estimate of drug-likeness (QED) is 0.480. The second kappa shape index (κ2) is 13.7. The number of benzene rings is 2. The first-order chi connectivity index (χ1) is 19.5. The first-order valence-electron chi connectivity index (χ1n) is 14.8. The Morgan fingerprint density at radius 3 is 1.50 bits per heavy atom. The average molecular weight is 549 g/mol. The first kappa shape index (κ1) is 28.7. The third kappa shape index (κ3) is 7.49. The fraction of sp³-hybridized carbons (Fsp3) is 0.562. The number of aryl methyl sites for hydroxylation is 2. The third-order valence-electron chi connectivity index (χ3n) is 8.30. The monoisotopic (exact) mass is 548 g/mol. The van der Waals surface area contributed by atoms with Crippen LogP contribution in [0.25, 0.3) is 0 Å². The van der Waals surface area contributed by atoms with E-state index in [2.05, 4.69) is 34.1 Å². The number of hydrogen-bond donors (Lipinski definition) is 2. The van der Waals surface area contributed by atoms with Gasteiger partial charge in [-0.05, 0) is 61.1 Å². The molecule has 3 aliphatic rings. The van der Waals surface area contributed by atoms with Crippen LogP contribution in [0, 0.1) is 13.8 Å². The van der Waals surface area contributed by atoms with Crippen molar-refractivity contribution in [3.63, 3.8) is 0 Å². The molecule has 2 saturated heterocycles. The lowest BCUT2D eigenvalue weighted by Gasteiger charge is -2.27. The van der Waals surface area contributed by atoms with Crippen LogP contribution in [0.1, 0.15) is 59.1 Å². The van der Waals surface area contributed by atoms with Crippen LogP contribution in [0.2, 0.25) is 0 Å². The molecule has 0 spiro atoms. The van der Waals surface area contributed by atoms with Gasteiger partial charge in [-0.25, -0.2) is 0 Å². The second-order valence-corrected chi connectivity index (χ2v) is 11.5. The smallest absolute Gasteiger partial charge is 0.127 e. The number of phenolic OH excluding ortho intramolecular Hbond substituents is 2. The fourth-order valence-corrected chi connectivity index (χ4v) is 5.97. The lowest BCUT2D eigenvalue weighted by atomic mass is 9.91. The van der Waals surface area contributed by atoms with Gasteiger partial charge < -0.3 is 19.7 Å². The van der Waals surface area contributed by atoms with Crippen molar-refractivity contribution < 1.29 is 19.7 Å². The zero-order chi connectivity index (χ0) is 27.9. The minimum absolute atomic E-state index is 0.0485. The van der Waals surface area contributed by atoms with E-state index in [4.69, 9.17) is 19.5 Å². The van der Waals surface area contributed by atoms with Crippen molar-refractivity contribution in [2.45, 2.75) is 64.7 Å². The molecule has 2 aliphatic heterocycles. The number of morpholine rings is 2. The number of phenols is 2. The van der Waals surface area contributed by atoms with Crippen LogP contribution in [-0.2, 0) is 22.6 Å². The Morgan fingerprint density at radius 2 is 1.10 bits per heavy atom. The van der Waals surface area contributed by atoms with Gasteiger partial charge in [-0.2, -0.15) is 0 Å². The molecule has 3 fully saturated rings. The molecule has 40 heavy (non-hydrogen) atoms. The van der Waals surface area contributed by atoms with Gasteiger partial charge in [0.2, 0.25) is 0 Å². The zero-order valence-corrected chi connectivity index (χ0v) is 24.0. The molecular formula is C32H44N4O4. The molecule has 0 bridgehead atoms. The lowest BCUT2D eigenvalue weighted by molar-refractivity contribution is 0.0341. The average Bonchev–Trinajstić information content (AvgIpc) is 2.96. The molecule has 0 radical (unpaired) electrons. The largest absolute Gasteiger partial charge is 0.507 e. The van der Waals surface area contributed by atoms with E-state index in [1.54, 1.807) is 0 Å². The van der Waals surface area contributed by atoms with E-state index in [0.717, 1.165) is 114 Å². The predicted molar refractivity (Wildman–Crippen MR) is 159 cm³/mol. The number of nitrogens with zero attached hydrogens (tertiary/aromatic N) is 4. The summed E-state index contributed by atoms with van der Waals surface area (Å²) in [5, 5.41) is 21.6. The lowest BCUT2D eigenvalue weighted by Crippen LogP contribution is -2.35. The van der Waals surface area contributed by atoms with E-state index in [-0.39, 0.29) is 12.1 Å². The second-order valence-electron chi connectivity index (χ2n) is 11.5. The van der Waals surface area contributed by atoms with Gasteiger partial charge in [-0.3, -0.25) is 19.8 Å². The van der Waals surface area contributed by atoms with Crippen LogP contribution in [0.15, 0.2) is 34.3 Å². The van der Waals surface area contributed by atoms with Gasteiger partial charge in [0.05, 0.1) is 38.5 Å². The van der Waals surface area contributed by atoms with Crippen molar-refractivity contribution in [2.24, 2.45) is 9.98 Å². The van der Waals surface area contributed by atoms with Crippen LogP contribution in [0.3, 0.4) is 0 Å². The summed E-state index contributed by atoms with van der Waals surface area (Å²) < 4.78 is 11.0. The van der Waals surface area contributed by atoms with E-state index in [1.165, 1.54) is 11.1 Å². The summed E-state index contributed by atoms with van der Waals surface area (Å²) in [6.45, 7) is 12.4. The van der Waals surface area contributed by atoms with Crippen LogP contribution < -0.4 is 0 Å². The molecule has 2 aromatic carbocycles. The summed E-state index contributed by atoms with van der Waals surface area (Å²) in [6.07, 6.45) is 7.86. The van der Waals surface area contributed by atoms with Crippen molar-refractivity contribution >= 4 is 12.4 Å². The standard InChI is InChI=1S/C32H44N4O4/c1-23-15-25(21-35-7-11-39-12-8-35)17-27(31(23)37)19-33-29-5-3-4-6-30(29)34-20-28-18-26(16-24(2)32(28)38)22-36-9-13-40-14-10-36/h15-20,29-30,37-38H,3-14,21-22H2,1-2H3/b33-19+,34-20+/t29-,30?/m1/s1. The van der Waals surface area contributed by atoms with E-state index < -0.39 is 0 Å². The van der Waals surface area contributed by atoms with Gasteiger partial charge in [0, 0.05) is 62.8 Å². The molecule has 8 heteroatoms. The molecule has 216 valence electrons. The number of aromatic hydroxyl groups is 2. The topological polar surface area (TPSA) is 90.1 Å². The molecule has 0 amide bonds. The Bertz CT molecular complexity index is 1110. The molecule has 2 aromatic rings. The SMILES string of the molecule is Cc1cc(CN2CCOCC2)cc(/C=N/C2CCCC[C@H]2/N=C/c2cc(CN3CCOCC3)cc(C)c2O)c1O. The molecule has 2 atom stereocenters. The number of hydrogen-bond acceptors (Lipinski definition) is 8. The summed E-state index contributed by atoms with van der Waals surface area (Å²) in [6, 6.07) is 8.35. The van der Waals surface area contributed by atoms with Gasteiger partial charge in [0.1, 0.15) is 11.5 Å². The van der Waals surface area contributed by atoms with E-state index in [1.807, 2.05) is 26.3 Å². The number of aliphatic imine (C=N–C) groups is 2. The number of rotatable bonds is 8. The summed E-state index contributed by atoms with van der Waals surface area (Å²) in [5.41, 5.74) is 5.63. The zero-order valence-electron chi connectivity index (χ0n) is 24.0. The van der Waals surface area contributed by atoms with Crippen LogP contribution in [-0.4, -0.2) is 97.1 Å².